The molecule has 5 heteroatoms. The first-order valence-corrected chi connectivity index (χ1v) is 4.99. The lowest BCUT2D eigenvalue weighted by atomic mass is 10.2. The van der Waals surface area contributed by atoms with E-state index < -0.39 is 6.10 Å². The van der Waals surface area contributed by atoms with E-state index in [0.717, 1.165) is 0 Å². The summed E-state index contributed by atoms with van der Waals surface area (Å²) in [5.41, 5.74) is 0.671. The second-order valence-electron chi connectivity index (χ2n) is 3.61. The predicted octanol–water partition coefficient (Wildman–Crippen LogP) is 1.56. The van der Waals surface area contributed by atoms with Gasteiger partial charge in [0.15, 0.2) is 0 Å². The number of aliphatic hydroxyl groups excluding tert-OH is 1. The van der Waals surface area contributed by atoms with Gasteiger partial charge in [-0.05, 0) is 25.1 Å². The molecule has 0 saturated carbocycles. The number of halogens is 1. The van der Waals surface area contributed by atoms with Crippen molar-refractivity contribution in [3.8, 4) is 0 Å². The largest absolute Gasteiger partial charge is 0.392 e. The first kappa shape index (κ1) is 10.8. The molecule has 2 aromatic rings. The van der Waals surface area contributed by atoms with Crippen LogP contribution in [0.5, 0.6) is 0 Å². The number of benzene rings is 1. The molecule has 0 saturated heterocycles. The molecular formula is C11H12FN3O. The summed E-state index contributed by atoms with van der Waals surface area (Å²) in [7, 11) is 0. The zero-order valence-corrected chi connectivity index (χ0v) is 8.81. The third-order valence-electron chi connectivity index (χ3n) is 2.16. The van der Waals surface area contributed by atoms with Crippen LogP contribution in [0.25, 0.3) is 10.9 Å². The molecule has 16 heavy (non-hydrogen) atoms. The Hall–Kier alpha value is -1.75. The molecule has 0 fully saturated rings. The number of anilines is 1. The Bertz CT molecular complexity index is 502. The Morgan fingerprint density at radius 3 is 3.00 bits per heavy atom. The Morgan fingerprint density at radius 2 is 2.25 bits per heavy atom. The molecule has 1 aromatic carbocycles. The summed E-state index contributed by atoms with van der Waals surface area (Å²) in [6.45, 7) is 2.03. The summed E-state index contributed by atoms with van der Waals surface area (Å²) in [4.78, 5) is 8.05. The van der Waals surface area contributed by atoms with Crippen LogP contribution in [0.3, 0.4) is 0 Å². The molecule has 4 nitrogen and oxygen atoms in total. The maximum Gasteiger partial charge on any atom is 0.137 e. The zero-order chi connectivity index (χ0) is 11.5. The maximum absolute atomic E-state index is 13.1. The van der Waals surface area contributed by atoms with Gasteiger partial charge in [0, 0.05) is 11.9 Å². The zero-order valence-electron chi connectivity index (χ0n) is 8.81. The van der Waals surface area contributed by atoms with E-state index in [-0.39, 0.29) is 5.82 Å². The van der Waals surface area contributed by atoms with Crippen molar-refractivity contribution in [1.29, 1.82) is 0 Å². The van der Waals surface area contributed by atoms with Crippen molar-refractivity contribution in [2.75, 3.05) is 11.9 Å². The number of nitrogens with zero attached hydrogens (tertiary/aromatic N) is 2. The Kier molecular flexibility index (Phi) is 2.96. The average Bonchev–Trinajstić information content (AvgIpc) is 2.26. The molecule has 2 rings (SSSR count). The molecule has 0 spiro atoms. The fraction of sp³-hybridized carbons (Fsp3) is 0.273. The molecule has 1 aromatic heterocycles. The molecular weight excluding hydrogens is 209 g/mol. The topological polar surface area (TPSA) is 58.0 Å². The molecule has 0 radical (unpaired) electrons. The molecule has 0 aliphatic carbocycles. The van der Waals surface area contributed by atoms with Crippen LogP contribution in [0, 0.1) is 5.82 Å². The van der Waals surface area contributed by atoms with Gasteiger partial charge < -0.3 is 10.4 Å². The summed E-state index contributed by atoms with van der Waals surface area (Å²) in [6, 6.07) is 4.33. The third kappa shape index (κ3) is 2.25. The first-order valence-electron chi connectivity index (χ1n) is 4.99. The Balaban J connectivity index is 2.40. The molecule has 0 aliphatic rings. The fourth-order valence-corrected chi connectivity index (χ4v) is 1.41. The number of hydrogen-bond donors (Lipinski definition) is 2. The molecule has 1 atom stereocenters. The van der Waals surface area contributed by atoms with Gasteiger partial charge in [0.1, 0.15) is 18.0 Å². The van der Waals surface area contributed by atoms with E-state index in [2.05, 4.69) is 15.3 Å². The summed E-state index contributed by atoms with van der Waals surface area (Å²) in [5, 5.41) is 12.7. The van der Waals surface area contributed by atoms with Crippen LogP contribution in [0.4, 0.5) is 10.2 Å². The van der Waals surface area contributed by atoms with Gasteiger partial charge in [0.2, 0.25) is 0 Å². The monoisotopic (exact) mass is 221 g/mol. The predicted molar refractivity (Wildman–Crippen MR) is 59.7 cm³/mol. The fourth-order valence-electron chi connectivity index (χ4n) is 1.41. The molecule has 0 aliphatic heterocycles. The Labute approximate surface area is 92.2 Å². The van der Waals surface area contributed by atoms with Crippen molar-refractivity contribution < 1.29 is 9.50 Å². The standard InChI is InChI=1S/C11H12FN3O/c1-7(16)5-13-11-9-4-8(12)2-3-10(9)14-6-15-11/h2-4,6-7,16H,5H2,1H3,(H,13,14,15). The van der Waals surface area contributed by atoms with E-state index in [1.165, 1.54) is 18.5 Å². The highest BCUT2D eigenvalue weighted by molar-refractivity contribution is 5.88. The van der Waals surface area contributed by atoms with Gasteiger partial charge in [0.05, 0.1) is 11.6 Å². The van der Waals surface area contributed by atoms with E-state index >= 15 is 0 Å². The SMILES string of the molecule is CC(O)CNc1ncnc2ccc(F)cc12. The average molecular weight is 221 g/mol. The van der Waals surface area contributed by atoms with Crippen LogP contribution >= 0.6 is 0 Å². The van der Waals surface area contributed by atoms with Crippen LogP contribution < -0.4 is 5.32 Å². The quantitative estimate of drug-likeness (QED) is 0.825. The number of aromatic nitrogens is 2. The van der Waals surface area contributed by atoms with Crippen LogP contribution in [0.1, 0.15) is 6.92 Å². The number of nitrogens with one attached hydrogen (secondary N) is 1. The minimum Gasteiger partial charge on any atom is -0.392 e. The van der Waals surface area contributed by atoms with Crippen molar-refractivity contribution >= 4 is 16.7 Å². The maximum atomic E-state index is 13.1. The number of hydrogen-bond acceptors (Lipinski definition) is 4. The van der Waals surface area contributed by atoms with Gasteiger partial charge in [0.25, 0.3) is 0 Å². The van der Waals surface area contributed by atoms with Gasteiger partial charge in [-0.2, -0.15) is 0 Å². The summed E-state index contributed by atoms with van der Waals surface area (Å²) in [6.07, 6.45) is 0.920. The highest BCUT2D eigenvalue weighted by Crippen LogP contribution is 2.19. The normalized spacial score (nSPS) is 12.7. The highest BCUT2D eigenvalue weighted by atomic mass is 19.1. The van der Waals surface area contributed by atoms with Crippen LogP contribution in [-0.2, 0) is 0 Å². The summed E-state index contributed by atoms with van der Waals surface area (Å²) >= 11 is 0. The summed E-state index contributed by atoms with van der Waals surface area (Å²) in [5.74, 6) is 0.202. The van der Waals surface area contributed by atoms with Gasteiger partial charge in [-0.25, -0.2) is 14.4 Å². The summed E-state index contributed by atoms with van der Waals surface area (Å²) < 4.78 is 13.1. The number of aliphatic hydroxyl groups is 1. The van der Waals surface area contributed by atoms with Crippen molar-refractivity contribution in [2.24, 2.45) is 0 Å². The van der Waals surface area contributed by atoms with Gasteiger partial charge in [-0.3, -0.25) is 0 Å². The van der Waals surface area contributed by atoms with Crippen molar-refractivity contribution in [3.63, 3.8) is 0 Å². The van der Waals surface area contributed by atoms with Crippen LogP contribution in [-0.4, -0.2) is 27.7 Å². The van der Waals surface area contributed by atoms with Crippen molar-refractivity contribution in [1.82, 2.24) is 9.97 Å². The molecule has 0 amide bonds. The first-order chi connectivity index (χ1) is 7.66. The number of fused-ring (bicyclic) bond motifs is 1. The highest BCUT2D eigenvalue weighted by Gasteiger charge is 2.05. The second-order valence-corrected chi connectivity index (χ2v) is 3.61. The van der Waals surface area contributed by atoms with E-state index in [9.17, 15) is 4.39 Å². The molecule has 1 heterocycles. The van der Waals surface area contributed by atoms with Crippen LogP contribution in [0.15, 0.2) is 24.5 Å². The second kappa shape index (κ2) is 4.40. The third-order valence-corrected chi connectivity index (χ3v) is 2.16. The minimum atomic E-state index is -0.487. The van der Waals surface area contributed by atoms with Crippen LogP contribution in [0.2, 0.25) is 0 Å². The molecule has 2 N–H and O–H groups in total. The van der Waals surface area contributed by atoms with E-state index in [1.54, 1.807) is 13.0 Å². The number of rotatable bonds is 3. The van der Waals surface area contributed by atoms with E-state index in [1.807, 2.05) is 0 Å². The lowest BCUT2D eigenvalue weighted by Crippen LogP contribution is -2.16. The smallest absolute Gasteiger partial charge is 0.137 e. The van der Waals surface area contributed by atoms with E-state index in [0.29, 0.717) is 23.3 Å². The van der Waals surface area contributed by atoms with Gasteiger partial charge in [-0.15, -0.1) is 0 Å². The lowest BCUT2D eigenvalue weighted by Gasteiger charge is -2.09. The Morgan fingerprint density at radius 1 is 1.44 bits per heavy atom. The van der Waals surface area contributed by atoms with Gasteiger partial charge in [-0.1, -0.05) is 0 Å². The molecule has 1 unspecified atom stereocenters. The van der Waals surface area contributed by atoms with Crippen molar-refractivity contribution in [2.45, 2.75) is 13.0 Å². The van der Waals surface area contributed by atoms with Crippen molar-refractivity contribution in [3.05, 3.63) is 30.3 Å². The molecule has 84 valence electrons. The lowest BCUT2D eigenvalue weighted by molar-refractivity contribution is 0.208. The molecule has 0 bridgehead atoms. The van der Waals surface area contributed by atoms with E-state index in [4.69, 9.17) is 5.11 Å². The van der Waals surface area contributed by atoms with Gasteiger partial charge >= 0.3 is 0 Å². The minimum absolute atomic E-state index is 0.331.